The summed E-state index contributed by atoms with van der Waals surface area (Å²) in [6.45, 7) is 9.38. The van der Waals surface area contributed by atoms with E-state index in [1.54, 1.807) is 0 Å². The fourth-order valence-corrected chi connectivity index (χ4v) is 4.74. The number of pyridine rings is 1. The normalized spacial score (nSPS) is 18.6. The molecule has 0 aliphatic heterocycles. The van der Waals surface area contributed by atoms with Crippen LogP contribution in [0.5, 0.6) is 0 Å². The Morgan fingerprint density at radius 2 is 1.81 bits per heavy atom. The first-order valence-electron chi connectivity index (χ1n) is 11.8. The number of anilines is 1. The van der Waals surface area contributed by atoms with Crippen LogP contribution in [0.4, 0.5) is 5.69 Å². The molecule has 1 saturated carbocycles. The zero-order valence-corrected chi connectivity index (χ0v) is 19.6. The molecule has 0 amide bonds. The molecule has 0 spiro atoms. The molecule has 170 valence electrons. The van der Waals surface area contributed by atoms with Crippen LogP contribution in [0.1, 0.15) is 62.2 Å². The summed E-state index contributed by atoms with van der Waals surface area (Å²) in [5.74, 6) is 1.10. The summed E-state index contributed by atoms with van der Waals surface area (Å²) < 4.78 is 7.42. The van der Waals surface area contributed by atoms with Crippen LogP contribution in [0.2, 0.25) is 0 Å². The molecule has 0 saturated heterocycles. The van der Waals surface area contributed by atoms with E-state index in [2.05, 4.69) is 54.1 Å². The molecule has 4 rings (SSSR count). The van der Waals surface area contributed by atoms with Gasteiger partial charge in [-0.25, -0.2) is 9.97 Å². The Labute approximate surface area is 190 Å². The van der Waals surface area contributed by atoms with E-state index in [1.165, 1.54) is 11.1 Å². The van der Waals surface area contributed by atoms with Crippen LogP contribution in [-0.4, -0.2) is 33.2 Å². The summed E-state index contributed by atoms with van der Waals surface area (Å²) in [6, 6.07) is 11.2. The van der Waals surface area contributed by atoms with Gasteiger partial charge in [-0.05, 0) is 75.8 Å². The standard InChI is InChI=1S/C26H34N4O2/c1-5-23-29-24-17(3)15-18(4)27-25(24)30(23)16-19-7-11-21(12-8-19)28-22-13-9-20(10-14-22)26(31)32-6-2/h7-8,11-12,15,20,22,28H,5-6,9-10,13-14,16H2,1-4H3/t20-,22+. The lowest BCUT2D eigenvalue weighted by Gasteiger charge is -2.28. The smallest absolute Gasteiger partial charge is 0.308 e. The largest absolute Gasteiger partial charge is 0.466 e. The van der Waals surface area contributed by atoms with Crippen molar-refractivity contribution in [3.8, 4) is 0 Å². The van der Waals surface area contributed by atoms with E-state index in [9.17, 15) is 4.79 Å². The van der Waals surface area contributed by atoms with Crippen molar-refractivity contribution in [2.45, 2.75) is 72.4 Å². The number of hydrogen-bond acceptors (Lipinski definition) is 5. The second-order valence-electron chi connectivity index (χ2n) is 8.86. The minimum atomic E-state index is -0.0337. The van der Waals surface area contributed by atoms with Crippen molar-refractivity contribution in [2.24, 2.45) is 5.92 Å². The second-order valence-corrected chi connectivity index (χ2v) is 8.86. The number of carbonyl (C=O) groups is 1. The molecule has 6 heteroatoms. The van der Waals surface area contributed by atoms with E-state index in [-0.39, 0.29) is 11.9 Å². The van der Waals surface area contributed by atoms with Crippen LogP contribution < -0.4 is 5.32 Å². The van der Waals surface area contributed by atoms with Crippen LogP contribution in [0.15, 0.2) is 30.3 Å². The first-order chi connectivity index (χ1) is 15.5. The summed E-state index contributed by atoms with van der Waals surface area (Å²) in [5, 5.41) is 3.64. The highest BCUT2D eigenvalue weighted by atomic mass is 16.5. The molecular formula is C26H34N4O2. The van der Waals surface area contributed by atoms with Gasteiger partial charge >= 0.3 is 5.97 Å². The van der Waals surface area contributed by atoms with Crippen molar-refractivity contribution in [3.63, 3.8) is 0 Å². The third kappa shape index (κ3) is 4.79. The lowest BCUT2D eigenvalue weighted by Crippen LogP contribution is -2.30. The molecule has 0 bridgehead atoms. The van der Waals surface area contributed by atoms with Crippen molar-refractivity contribution in [1.82, 2.24) is 14.5 Å². The monoisotopic (exact) mass is 434 g/mol. The zero-order valence-electron chi connectivity index (χ0n) is 19.6. The van der Waals surface area contributed by atoms with Gasteiger partial charge in [0.05, 0.1) is 19.1 Å². The minimum Gasteiger partial charge on any atom is -0.466 e. The molecule has 6 nitrogen and oxygen atoms in total. The van der Waals surface area contributed by atoms with Crippen molar-refractivity contribution < 1.29 is 9.53 Å². The van der Waals surface area contributed by atoms with Gasteiger partial charge in [0.1, 0.15) is 11.3 Å². The molecule has 0 radical (unpaired) electrons. The number of benzene rings is 1. The predicted molar refractivity (Wildman–Crippen MR) is 128 cm³/mol. The first kappa shape index (κ1) is 22.3. The number of hydrogen-bond donors (Lipinski definition) is 1. The molecule has 3 aromatic rings. The first-order valence-corrected chi connectivity index (χ1v) is 11.8. The number of carbonyl (C=O) groups excluding carboxylic acids is 1. The highest BCUT2D eigenvalue weighted by Gasteiger charge is 2.27. The topological polar surface area (TPSA) is 69.0 Å². The molecule has 2 heterocycles. The Hall–Kier alpha value is -2.89. The fourth-order valence-electron chi connectivity index (χ4n) is 4.74. The maximum atomic E-state index is 11.9. The number of aromatic nitrogens is 3. The number of aryl methyl sites for hydroxylation is 3. The average molecular weight is 435 g/mol. The van der Waals surface area contributed by atoms with Crippen LogP contribution in [0, 0.1) is 19.8 Å². The number of fused-ring (bicyclic) bond motifs is 1. The van der Waals surface area contributed by atoms with Gasteiger partial charge in [0.2, 0.25) is 0 Å². The Bertz CT molecular complexity index is 1080. The van der Waals surface area contributed by atoms with Crippen molar-refractivity contribution in [3.05, 3.63) is 53.0 Å². The highest BCUT2D eigenvalue weighted by Crippen LogP contribution is 2.28. The third-order valence-electron chi connectivity index (χ3n) is 6.43. The number of ether oxygens (including phenoxy) is 1. The zero-order chi connectivity index (χ0) is 22.7. The van der Waals surface area contributed by atoms with Crippen molar-refractivity contribution >= 4 is 22.8 Å². The number of esters is 1. The van der Waals surface area contributed by atoms with E-state index in [0.29, 0.717) is 12.6 Å². The highest BCUT2D eigenvalue weighted by molar-refractivity contribution is 5.76. The predicted octanol–water partition coefficient (Wildman–Crippen LogP) is 5.19. The maximum Gasteiger partial charge on any atom is 0.308 e. The molecule has 1 fully saturated rings. The third-order valence-corrected chi connectivity index (χ3v) is 6.43. The van der Waals surface area contributed by atoms with Crippen molar-refractivity contribution in [1.29, 1.82) is 0 Å². The summed E-state index contributed by atoms with van der Waals surface area (Å²) in [7, 11) is 0. The van der Waals surface area contributed by atoms with Gasteiger partial charge in [0.25, 0.3) is 0 Å². The van der Waals surface area contributed by atoms with Gasteiger partial charge in [-0.15, -0.1) is 0 Å². The fraction of sp³-hybridized carbons (Fsp3) is 0.500. The Kier molecular flexibility index (Phi) is 6.77. The van der Waals surface area contributed by atoms with Crippen LogP contribution >= 0.6 is 0 Å². The number of rotatable bonds is 7. The summed E-state index contributed by atoms with van der Waals surface area (Å²) in [4.78, 5) is 21.6. The molecule has 32 heavy (non-hydrogen) atoms. The number of imidazole rings is 1. The van der Waals surface area contributed by atoms with Crippen LogP contribution in [-0.2, 0) is 22.5 Å². The van der Waals surface area contributed by atoms with Gasteiger partial charge in [0, 0.05) is 23.8 Å². The average Bonchev–Trinajstić information content (AvgIpc) is 3.13. The number of nitrogens with zero attached hydrogens (tertiary/aromatic N) is 3. The van der Waals surface area contributed by atoms with Crippen LogP contribution in [0.25, 0.3) is 11.2 Å². The van der Waals surface area contributed by atoms with Gasteiger partial charge in [-0.2, -0.15) is 0 Å². The Morgan fingerprint density at radius 3 is 2.47 bits per heavy atom. The molecule has 1 N–H and O–H groups in total. The van der Waals surface area contributed by atoms with Gasteiger partial charge in [0.15, 0.2) is 5.65 Å². The number of nitrogens with one attached hydrogen (secondary N) is 1. The Morgan fingerprint density at radius 1 is 1.09 bits per heavy atom. The minimum absolute atomic E-state index is 0.0337. The second kappa shape index (κ2) is 9.72. The molecule has 1 aromatic carbocycles. The summed E-state index contributed by atoms with van der Waals surface area (Å²) in [5.41, 5.74) is 6.54. The van der Waals surface area contributed by atoms with Gasteiger partial charge in [-0.3, -0.25) is 4.79 Å². The molecular weight excluding hydrogens is 400 g/mol. The SMILES string of the molecule is CCOC(=O)[C@H]1CC[C@@H](Nc2ccc(Cn3c(CC)nc4c(C)cc(C)nc43)cc2)CC1. The Balaban J connectivity index is 1.41. The van der Waals surface area contributed by atoms with Gasteiger partial charge < -0.3 is 14.6 Å². The van der Waals surface area contributed by atoms with E-state index in [0.717, 1.165) is 67.0 Å². The van der Waals surface area contributed by atoms with E-state index in [4.69, 9.17) is 14.7 Å². The molecule has 0 atom stereocenters. The summed E-state index contributed by atoms with van der Waals surface area (Å²) in [6.07, 6.45) is 4.66. The molecule has 2 aromatic heterocycles. The van der Waals surface area contributed by atoms with Gasteiger partial charge in [-0.1, -0.05) is 19.1 Å². The van der Waals surface area contributed by atoms with E-state index < -0.39 is 0 Å². The maximum absolute atomic E-state index is 11.9. The molecule has 1 aliphatic rings. The van der Waals surface area contributed by atoms with Crippen LogP contribution in [0.3, 0.4) is 0 Å². The lowest BCUT2D eigenvalue weighted by molar-refractivity contribution is -0.149. The molecule has 1 aliphatic carbocycles. The van der Waals surface area contributed by atoms with Crippen molar-refractivity contribution in [2.75, 3.05) is 11.9 Å². The lowest BCUT2D eigenvalue weighted by atomic mass is 9.86. The van der Waals surface area contributed by atoms with E-state index >= 15 is 0 Å². The summed E-state index contributed by atoms with van der Waals surface area (Å²) >= 11 is 0. The van der Waals surface area contributed by atoms with E-state index in [1.807, 2.05) is 13.8 Å². The quantitative estimate of drug-likeness (QED) is 0.518. The molecule has 0 unspecified atom stereocenters.